The van der Waals surface area contributed by atoms with Crippen LogP contribution in [0, 0.1) is 11.8 Å². The van der Waals surface area contributed by atoms with Crippen LogP contribution in [0.3, 0.4) is 0 Å². The van der Waals surface area contributed by atoms with E-state index in [1.54, 1.807) is 6.07 Å². The summed E-state index contributed by atoms with van der Waals surface area (Å²) in [5.74, 6) is 1.97. The minimum Gasteiger partial charge on any atom is -0.353 e. The molecule has 3 atom stereocenters. The highest BCUT2D eigenvalue weighted by atomic mass is 16.1. The van der Waals surface area contributed by atoms with Crippen molar-refractivity contribution in [3.8, 4) is 0 Å². The Morgan fingerprint density at radius 3 is 2.92 bits per heavy atom. The molecule has 134 valence electrons. The van der Waals surface area contributed by atoms with Crippen LogP contribution in [0.2, 0.25) is 0 Å². The van der Waals surface area contributed by atoms with Crippen LogP contribution >= 0.6 is 0 Å². The third kappa shape index (κ3) is 4.27. The predicted octanol–water partition coefficient (Wildman–Crippen LogP) is 3.19. The molecule has 0 radical (unpaired) electrons. The molecule has 0 spiro atoms. The lowest BCUT2D eigenvalue weighted by molar-refractivity contribution is -0.122. The van der Waals surface area contributed by atoms with Crippen molar-refractivity contribution in [2.24, 2.45) is 11.8 Å². The Hall–Kier alpha value is -2.17. The van der Waals surface area contributed by atoms with E-state index in [1.165, 1.54) is 12.8 Å². The summed E-state index contributed by atoms with van der Waals surface area (Å²) in [7, 11) is 0. The molecule has 0 saturated heterocycles. The van der Waals surface area contributed by atoms with Gasteiger partial charge in [0.1, 0.15) is 5.82 Å². The van der Waals surface area contributed by atoms with E-state index in [1.807, 2.05) is 18.2 Å². The predicted molar refractivity (Wildman–Crippen MR) is 99.4 cm³/mol. The fourth-order valence-corrected chi connectivity index (χ4v) is 3.73. The van der Waals surface area contributed by atoms with Crippen LogP contribution in [0.15, 0.2) is 29.1 Å². The highest BCUT2D eigenvalue weighted by Gasteiger charge is 2.27. The smallest absolute Gasteiger partial charge is 0.258 e. The molecule has 0 aliphatic heterocycles. The van der Waals surface area contributed by atoms with Crippen molar-refractivity contribution in [2.75, 3.05) is 0 Å². The average Bonchev–Trinajstić information content (AvgIpc) is 2.59. The topological polar surface area (TPSA) is 74.8 Å². The molecule has 2 aromatic rings. The Kier molecular flexibility index (Phi) is 5.51. The Bertz CT molecular complexity index is 799. The first-order valence-corrected chi connectivity index (χ1v) is 9.32. The molecule has 1 aromatic heterocycles. The monoisotopic (exact) mass is 341 g/mol. The standard InChI is InChI=1S/C20H27N3O2/c1-13-7-5-10-16(14(13)2)22-19(24)12-6-11-18-21-17-9-4-3-8-15(17)20(25)23-18/h3-4,8-9,13-14,16H,5-7,10-12H2,1-2H3,(H,22,24)(H,21,23,25)/t13-,14+,16-/m1/s1. The van der Waals surface area contributed by atoms with Crippen molar-refractivity contribution in [2.45, 2.75) is 58.4 Å². The van der Waals surface area contributed by atoms with Gasteiger partial charge in [0, 0.05) is 18.9 Å². The molecule has 5 heteroatoms. The van der Waals surface area contributed by atoms with Gasteiger partial charge in [0.05, 0.1) is 10.9 Å². The summed E-state index contributed by atoms with van der Waals surface area (Å²) in [4.78, 5) is 31.6. The molecule has 1 saturated carbocycles. The maximum Gasteiger partial charge on any atom is 0.258 e. The molecule has 3 rings (SSSR count). The highest BCUT2D eigenvalue weighted by molar-refractivity contribution is 5.77. The van der Waals surface area contributed by atoms with Gasteiger partial charge in [-0.05, 0) is 36.8 Å². The minimum absolute atomic E-state index is 0.106. The lowest BCUT2D eigenvalue weighted by Gasteiger charge is -2.34. The van der Waals surface area contributed by atoms with Crippen LogP contribution in [0.25, 0.3) is 10.9 Å². The van der Waals surface area contributed by atoms with E-state index in [2.05, 4.69) is 29.1 Å². The lowest BCUT2D eigenvalue weighted by Crippen LogP contribution is -2.43. The molecule has 0 unspecified atom stereocenters. The minimum atomic E-state index is -0.116. The number of rotatable bonds is 5. The lowest BCUT2D eigenvalue weighted by atomic mass is 9.78. The molecule has 5 nitrogen and oxygen atoms in total. The zero-order valence-electron chi connectivity index (χ0n) is 15.0. The van der Waals surface area contributed by atoms with Crippen LogP contribution in [0.4, 0.5) is 0 Å². The molecular formula is C20H27N3O2. The van der Waals surface area contributed by atoms with Gasteiger partial charge >= 0.3 is 0 Å². The summed E-state index contributed by atoms with van der Waals surface area (Å²) in [6.45, 7) is 4.50. The molecule has 25 heavy (non-hydrogen) atoms. The Balaban J connectivity index is 1.52. The van der Waals surface area contributed by atoms with E-state index in [9.17, 15) is 9.59 Å². The van der Waals surface area contributed by atoms with Gasteiger partial charge in [-0.3, -0.25) is 9.59 Å². The van der Waals surface area contributed by atoms with Gasteiger partial charge in [-0.2, -0.15) is 0 Å². The summed E-state index contributed by atoms with van der Waals surface area (Å²) in [6, 6.07) is 7.61. The summed E-state index contributed by atoms with van der Waals surface area (Å²) in [5, 5.41) is 3.80. The molecule has 0 bridgehead atoms. The molecule has 1 heterocycles. The van der Waals surface area contributed by atoms with Crippen molar-refractivity contribution >= 4 is 16.8 Å². The fraction of sp³-hybridized carbons (Fsp3) is 0.550. The summed E-state index contributed by atoms with van der Waals surface area (Å²) in [6.07, 6.45) is 5.28. The summed E-state index contributed by atoms with van der Waals surface area (Å²) in [5.41, 5.74) is 0.589. The van der Waals surface area contributed by atoms with Gasteiger partial charge < -0.3 is 10.3 Å². The first kappa shape index (κ1) is 17.6. The summed E-state index contributed by atoms with van der Waals surface area (Å²) >= 11 is 0. The molecular weight excluding hydrogens is 314 g/mol. The fourth-order valence-electron chi connectivity index (χ4n) is 3.73. The number of carbonyl (C=O) groups excluding carboxylic acids is 1. The maximum absolute atomic E-state index is 12.2. The molecule has 1 aromatic carbocycles. The quantitative estimate of drug-likeness (QED) is 0.877. The number of hydrogen-bond acceptors (Lipinski definition) is 3. The third-order valence-corrected chi connectivity index (χ3v) is 5.53. The van der Waals surface area contributed by atoms with Crippen molar-refractivity contribution in [1.82, 2.24) is 15.3 Å². The van der Waals surface area contributed by atoms with E-state index < -0.39 is 0 Å². The van der Waals surface area contributed by atoms with Gasteiger partial charge in [-0.1, -0.05) is 38.8 Å². The van der Waals surface area contributed by atoms with Crippen molar-refractivity contribution in [1.29, 1.82) is 0 Å². The number of H-pyrrole nitrogens is 1. The van der Waals surface area contributed by atoms with Crippen LogP contribution < -0.4 is 10.9 Å². The Labute approximate surface area is 148 Å². The number of nitrogens with one attached hydrogen (secondary N) is 2. The number of benzene rings is 1. The number of aromatic amines is 1. The number of aromatic nitrogens is 2. The second-order valence-electron chi connectivity index (χ2n) is 7.32. The van der Waals surface area contributed by atoms with E-state index in [-0.39, 0.29) is 11.5 Å². The summed E-state index contributed by atoms with van der Waals surface area (Å²) < 4.78 is 0. The van der Waals surface area contributed by atoms with Crippen LogP contribution in [0.5, 0.6) is 0 Å². The number of hydrogen-bond donors (Lipinski definition) is 2. The van der Waals surface area contributed by atoms with Crippen molar-refractivity contribution in [3.63, 3.8) is 0 Å². The number of fused-ring (bicyclic) bond motifs is 1. The third-order valence-electron chi connectivity index (χ3n) is 5.53. The normalized spacial score (nSPS) is 23.5. The van der Waals surface area contributed by atoms with E-state index in [0.29, 0.717) is 53.9 Å². The van der Waals surface area contributed by atoms with Crippen molar-refractivity contribution in [3.05, 3.63) is 40.4 Å². The second kappa shape index (κ2) is 7.81. The zero-order chi connectivity index (χ0) is 17.8. The molecule has 1 aliphatic rings. The van der Waals surface area contributed by atoms with Crippen LogP contribution in [0.1, 0.15) is 51.8 Å². The number of amides is 1. The number of aryl methyl sites for hydroxylation is 1. The Morgan fingerprint density at radius 2 is 2.08 bits per heavy atom. The van der Waals surface area contributed by atoms with Crippen LogP contribution in [-0.4, -0.2) is 21.9 Å². The molecule has 1 aliphatic carbocycles. The number of carbonyl (C=O) groups is 1. The first-order valence-electron chi connectivity index (χ1n) is 9.32. The van der Waals surface area contributed by atoms with Gasteiger partial charge in [-0.25, -0.2) is 4.98 Å². The van der Waals surface area contributed by atoms with E-state index >= 15 is 0 Å². The van der Waals surface area contributed by atoms with Crippen molar-refractivity contribution < 1.29 is 4.79 Å². The van der Waals surface area contributed by atoms with E-state index in [4.69, 9.17) is 0 Å². The highest BCUT2D eigenvalue weighted by Crippen LogP contribution is 2.29. The Morgan fingerprint density at radius 1 is 1.28 bits per heavy atom. The van der Waals surface area contributed by atoms with Gasteiger partial charge in [-0.15, -0.1) is 0 Å². The molecule has 2 N–H and O–H groups in total. The van der Waals surface area contributed by atoms with Gasteiger partial charge in [0.15, 0.2) is 0 Å². The first-order chi connectivity index (χ1) is 12.0. The van der Waals surface area contributed by atoms with Crippen LogP contribution in [-0.2, 0) is 11.2 Å². The van der Waals surface area contributed by atoms with Gasteiger partial charge in [0.2, 0.25) is 5.91 Å². The molecule has 1 fully saturated rings. The largest absolute Gasteiger partial charge is 0.353 e. The average molecular weight is 341 g/mol. The number of nitrogens with zero attached hydrogens (tertiary/aromatic N) is 1. The maximum atomic E-state index is 12.2. The second-order valence-corrected chi connectivity index (χ2v) is 7.32. The SMILES string of the molecule is C[C@H]1[C@H](C)CCC[C@H]1NC(=O)CCCc1nc2ccccc2c(=O)[nH]1. The zero-order valence-corrected chi connectivity index (χ0v) is 15.0. The van der Waals surface area contributed by atoms with Gasteiger partial charge in [0.25, 0.3) is 5.56 Å². The van der Waals surface area contributed by atoms with E-state index in [0.717, 1.165) is 6.42 Å². The molecule has 1 amide bonds. The number of para-hydroxylation sites is 1.